The Morgan fingerprint density at radius 1 is 1.11 bits per heavy atom. The summed E-state index contributed by atoms with van der Waals surface area (Å²) in [4.78, 5) is 4.09. The van der Waals surface area contributed by atoms with Crippen LogP contribution in [0.15, 0.2) is 36.7 Å². The first-order valence-electron chi connectivity index (χ1n) is 6.02. The van der Waals surface area contributed by atoms with E-state index in [2.05, 4.69) is 29.4 Å². The fraction of sp³-hybridized carbons (Fsp3) is 0.267. The third-order valence-corrected chi connectivity index (χ3v) is 3.42. The number of hydrogen-bond acceptors (Lipinski definition) is 2. The van der Waals surface area contributed by atoms with E-state index < -0.39 is 0 Å². The summed E-state index contributed by atoms with van der Waals surface area (Å²) < 4.78 is 0. The van der Waals surface area contributed by atoms with Crippen LogP contribution < -0.4 is 5.32 Å². The molecule has 0 aliphatic rings. The van der Waals surface area contributed by atoms with Gasteiger partial charge in [-0.1, -0.05) is 23.7 Å². The van der Waals surface area contributed by atoms with Crippen LogP contribution in [-0.2, 0) is 13.1 Å². The Hall–Kier alpha value is -1.38. The van der Waals surface area contributed by atoms with Gasteiger partial charge in [-0.05, 0) is 48.2 Å². The van der Waals surface area contributed by atoms with Crippen LogP contribution in [0, 0.1) is 13.8 Å². The molecule has 2 aromatic rings. The molecule has 94 valence electrons. The molecule has 0 unspecified atom stereocenters. The highest BCUT2D eigenvalue weighted by Gasteiger charge is 2.00. The Labute approximate surface area is 113 Å². The van der Waals surface area contributed by atoms with Gasteiger partial charge in [0.2, 0.25) is 0 Å². The van der Waals surface area contributed by atoms with Gasteiger partial charge in [0.1, 0.15) is 0 Å². The molecule has 0 amide bonds. The second kappa shape index (κ2) is 5.98. The average Bonchev–Trinajstić information content (AvgIpc) is 2.36. The van der Waals surface area contributed by atoms with Crippen molar-refractivity contribution in [1.29, 1.82) is 0 Å². The highest BCUT2D eigenvalue weighted by Crippen LogP contribution is 2.16. The van der Waals surface area contributed by atoms with Gasteiger partial charge in [-0.3, -0.25) is 4.98 Å². The Morgan fingerprint density at radius 3 is 2.67 bits per heavy atom. The maximum atomic E-state index is 6.10. The summed E-state index contributed by atoms with van der Waals surface area (Å²) in [6.07, 6.45) is 3.71. The lowest BCUT2D eigenvalue weighted by atomic mass is 10.1. The maximum absolute atomic E-state index is 6.10. The minimum absolute atomic E-state index is 0.821. The summed E-state index contributed by atoms with van der Waals surface area (Å²) in [7, 11) is 0. The molecule has 2 nitrogen and oxygen atoms in total. The highest BCUT2D eigenvalue weighted by atomic mass is 35.5. The Bertz CT molecular complexity index is 538. The van der Waals surface area contributed by atoms with Gasteiger partial charge in [-0.25, -0.2) is 0 Å². The molecule has 0 spiro atoms. The number of aromatic nitrogens is 1. The molecule has 1 aromatic heterocycles. The fourth-order valence-electron chi connectivity index (χ4n) is 1.79. The first-order valence-corrected chi connectivity index (χ1v) is 6.40. The van der Waals surface area contributed by atoms with Crippen LogP contribution in [-0.4, -0.2) is 4.98 Å². The highest BCUT2D eigenvalue weighted by molar-refractivity contribution is 6.31. The van der Waals surface area contributed by atoms with Gasteiger partial charge in [0.05, 0.1) is 0 Å². The topological polar surface area (TPSA) is 24.9 Å². The van der Waals surface area contributed by atoms with Crippen molar-refractivity contribution in [2.75, 3.05) is 0 Å². The van der Waals surface area contributed by atoms with Gasteiger partial charge >= 0.3 is 0 Å². The third kappa shape index (κ3) is 3.31. The van der Waals surface area contributed by atoms with Crippen LogP contribution in [0.2, 0.25) is 5.02 Å². The molecule has 0 radical (unpaired) electrons. The number of rotatable bonds is 4. The van der Waals surface area contributed by atoms with Gasteiger partial charge in [0.15, 0.2) is 0 Å². The van der Waals surface area contributed by atoms with Crippen molar-refractivity contribution in [3.8, 4) is 0 Å². The molecule has 1 aromatic carbocycles. The lowest BCUT2D eigenvalue weighted by Crippen LogP contribution is -2.13. The van der Waals surface area contributed by atoms with Crippen LogP contribution in [0.4, 0.5) is 0 Å². The quantitative estimate of drug-likeness (QED) is 0.908. The number of benzene rings is 1. The normalized spacial score (nSPS) is 10.6. The molecule has 0 atom stereocenters. The van der Waals surface area contributed by atoms with Crippen LogP contribution in [0.3, 0.4) is 0 Å². The van der Waals surface area contributed by atoms with Gasteiger partial charge in [0, 0.05) is 30.5 Å². The van der Waals surface area contributed by atoms with Crippen molar-refractivity contribution in [3.63, 3.8) is 0 Å². The maximum Gasteiger partial charge on any atom is 0.0438 e. The second-order valence-electron chi connectivity index (χ2n) is 4.49. The predicted octanol–water partition coefficient (Wildman–Crippen LogP) is 3.64. The zero-order valence-corrected chi connectivity index (χ0v) is 11.5. The zero-order valence-electron chi connectivity index (χ0n) is 10.7. The lowest BCUT2D eigenvalue weighted by molar-refractivity contribution is 0.689. The molecule has 0 saturated heterocycles. The van der Waals surface area contributed by atoms with Crippen LogP contribution in [0.5, 0.6) is 0 Å². The third-order valence-electron chi connectivity index (χ3n) is 3.02. The Kier molecular flexibility index (Phi) is 4.34. The van der Waals surface area contributed by atoms with Crippen molar-refractivity contribution in [2.45, 2.75) is 26.9 Å². The summed E-state index contributed by atoms with van der Waals surface area (Å²) in [5.41, 5.74) is 4.82. The minimum Gasteiger partial charge on any atom is -0.309 e. The predicted molar refractivity (Wildman–Crippen MR) is 75.7 cm³/mol. The summed E-state index contributed by atoms with van der Waals surface area (Å²) in [5, 5.41) is 4.25. The van der Waals surface area contributed by atoms with E-state index >= 15 is 0 Å². The number of halogens is 1. The Balaban J connectivity index is 1.92. The molecule has 1 heterocycles. The van der Waals surface area contributed by atoms with Gasteiger partial charge in [-0.2, -0.15) is 0 Å². The smallest absolute Gasteiger partial charge is 0.0438 e. The lowest BCUT2D eigenvalue weighted by Gasteiger charge is -2.08. The van der Waals surface area contributed by atoms with Gasteiger partial charge < -0.3 is 5.32 Å². The molecule has 0 aliphatic carbocycles. The number of nitrogens with zero attached hydrogens (tertiary/aromatic N) is 1. The van der Waals surface area contributed by atoms with Gasteiger partial charge in [0.25, 0.3) is 0 Å². The molecular weight excluding hydrogens is 244 g/mol. The van der Waals surface area contributed by atoms with E-state index in [9.17, 15) is 0 Å². The molecule has 2 rings (SSSR count). The minimum atomic E-state index is 0.821. The summed E-state index contributed by atoms with van der Waals surface area (Å²) in [6.45, 7) is 5.76. The standard InChI is InChI=1S/C15H17ClN2/c1-11-3-4-13(7-15(11)16)9-18-10-14-5-6-17-8-12(14)2/h3-8,18H,9-10H2,1-2H3. The van der Waals surface area contributed by atoms with Crippen molar-refractivity contribution < 1.29 is 0 Å². The summed E-state index contributed by atoms with van der Waals surface area (Å²) >= 11 is 6.10. The van der Waals surface area contributed by atoms with Gasteiger partial charge in [-0.15, -0.1) is 0 Å². The monoisotopic (exact) mass is 260 g/mol. The van der Waals surface area contributed by atoms with E-state index in [1.54, 1.807) is 0 Å². The summed E-state index contributed by atoms with van der Waals surface area (Å²) in [5.74, 6) is 0. The first-order chi connectivity index (χ1) is 8.66. The van der Waals surface area contributed by atoms with E-state index in [-0.39, 0.29) is 0 Å². The van der Waals surface area contributed by atoms with E-state index in [0.717, 1.165) is 23.7 Å². The molecule has 0 saturated carbocycles. The Morgan fingerprint density at radius 2 is 1.94 bits per heavy atom. The SMILES string of the molecule is Cc1ccc(CNCc2ccncc2C)cc1Cl. The molecule has 1 N–H and O–H groups in total. The van der Waals surface area contributed by atoms with E-state index in [1.807, 2.05) is 31.5 Å². The average molecular weight is 261 g/mol. The molecule has 0 bridgehead atoms. The summed E-state index contributed by atoms with van der Waals surface area (Å²) in [6, 6.07) is 8.22. The molecule has 0 fully saturated rings. The largest absolute Gasteiger partial charge is 0.309 e. The van der Waals surface area contributed by atoms with Crippen molar-refractivity contribution >= 4 is 11.6 Å². The van der Waals surface area contributed by atoms with E-state index in [4.69, 9.17) is 11.6 Å². The van der Waals surface area contributed by atoms with E-state index in [0.29, 0.717) is 0 Å². The van der Waals surface area contributed by atoms with Crippen molar-refractivity contribution in [1.82, 2.24) is 10.3 Å². The molecule has 0 aliphatic heterocycles. The molecular formula is C15H17ClN2. The number of nitrogens with one attached hydrogen (secondary N) is 1. The number of hydrogen-bond donors (Lipinski definition) is 1. The fourth-order valence-corrected chi connectivity index (χ4v) is 1.99. The number of aryl methyl sites for hydroxylation is 2. The van der Waals surface area contributed by atoms with Crippen LogP contribution in [0.1, 0.15) is 22.3 Å². The zero-order chi connectivity index (χ0) is 13.0. The van der Waals surface area contributed by atoms with Crippen LogP contribution in [0.25, 0.3) is 0 Å². The van der Waals surface area contributed by atoms with E-state index in [1.165, 1.54) is 16.7 Å². The number of pyridine rings is 1. The molecule has 18 heavy (non-hydrogen) atoms. The first kappa shape index (κ1) is 13.1. The van der Waals surface area contributed by atoms with Crippen LogP contribution >= 0.6 is 11.6 Å². The van der Waals surface area contributed by atoms with Crippen molar-refractivity contribution in [3.05, 3.63) is 63.9 Å². The molecule has 3 heteroatoms. The second-order valence-corrected chi connectivity index (χ2v) is 4.90. The van der Waals surface area contributed by atoms with Crippen molar-refractivity contribution in [2.24, 2.45) is 0 Å².